The van der Waals surface area contributed by atoms with Crippen LogP contribution in [0.4, 0.5) is 14.5 Å². The molecule has 0 aliphatic carbocycles. The first-order chi connectivity index (χ1) is 22.2. The number of rotatable bonds is 8. The number of aromatic nitrogens is 1. The molecule has 0 fully saturated rings. The van der Waals surface area contributed by atoms with Crippen LogP contribution in [-0.2, 0) is 11.4 Å². The molecule has 5 aromatic rings. The van der Waals surface area contributed by atoms with Crippen molar-refractivity contribution in [2.24, 2.45) is 4.99 Å². The minimum atomic E-state index is -0.813. The molecule has 46 heavy (non-hydrogen) atoms. The zero-order chi connectivity index (χ0) is 32.4. The second-order valence-corrected chi connectivity index (χ2v) is 11.7. The molecule has 1 N–H and O–H groups in total. The number of thiazole rings is 1. The van der Waals surface area contributed by atoms with E-state index >= 15 is 0 Å². The van der Waals surface area contributed by atoms with Gasteiger partial charge in [-0.1, -0.05) is 65.9 Å². The number of amides is 1. The van der Waals surface area contributed by atoms with Crippen molar-refractivity contribution < 1.29 is 23.0 Å². The van der Waals surface area contributed by atoms with Gasteiger partial charge < -0.3 is 14.8 Å². The summed E-state index contributed by atoms with van der Waals surface area (Å²) in [6, 6.07) is 24.6. The van der Waals surface area contributed by atoms with Gasteiger partial charge in [-0.3, -0.25) is 14.2 Å². The van der Waals surface area contributed by atoms with E-state index in [1.54, 1.807) is 35.8 Å². The van der Waals surface area contributed by atoms with Gasteiger partial charge in [-0.15, -0.1) is 0 Å². The second kappa shape index (κ2) is 12.9. The smallest absolute Gasteiger partial charge is 0.271 e. The Labute approximate surface area is 267 Å². The van der Waals surface area contributed by atoms with Gasteiger partial charge in [0.15, 0.2) is 16.4 Å². The van der Waals surface area contributed by atoms with Crippen molar-refractivity contribution in [3.63, 3.8) is 0 Å². The van der Waals surface area contributed by atoms with Gasteiger partial charge in [0.2, 0.25) is 0 Å². The van der Waals surface area contributed by atoms with E-state index in [1.165, 1.54) is 24.5 Å². The molecule has 1 atom stereocenters. The molecule has 1 aliphatic heterocycles. The number of hydrogen-bond acceptors (Lipinski definition) is 6. The van der Waals surface area contributed by atoms with Crippen LogP contribution in [0.2, 0.25) is 0 Å². The Morgan fingerprint density at radius 2 is 1.72 bits per heavy atom. The van der Waals surface area contributed by atoms with Crippen molar-refractivity contribution in [1.82, 2.24) is 4.57 Å². The second-order valence-electron chi connectivity index (χ2n) is 10.7. The normalized spacial score (nSPS) is 14.5. The molecule has 1 aromatic heterocycles. The lowest BCUT2D eigenvalue weighted by Crippen LogP contribution is -2.40. The van der Waals surface area contributed by atoms with E-state index in [1.807, 2.05) is 61.5 Å². The van der Waals surface area contributed by atoms with Crippen LogP contribution in [0.1, 0.15) is 35.2 Å². The van der Waals surface area contributed by atoms with Gasteiger partial charge in [-0.05, 0) is 66.9 Å². The number of nitrogens with one attached hydrogen (secondary N) is 1. The summed E-state index contributed by atoms with van der Waals surface area (Å²) in [5.74, 6) is -1.44. The Hall–Kier alpha value is -5.35. The maximum atomic E-state index is 14.2. The highest BCUT2D eigenvalue weighted by Crippen LogP contribution is 2.31. The molecule has 1 unspecified atom stereocenters. The summed E-state index contributed by atoms with van der Waals surface area (Å²) >= 11 is 1.22. The zero-order valence-electron chi connectivity index (χ0n) is 25.2. The van der Waals surface area contributed by atoms with Gasteiger partial charge in [0, 0.05) is 17.3 Å². The molecule has 0 spiro atoms. The summed E-state index contributed by atoms with van der Waals surface area (Å²) in [5, 5.41) is 3.01. The summed E-state index contributed by atoms with van der Waals surface area (Å²) in [6.45, 7) is 3.64. The van der Waals surface area contributed by atoms with E-state index in [0.29, 0.717) is 43.2 Å². The Balaban J connectivity index is 1.39. The van der Waals surface area contributed by atoms with Gasteiger partial charge >= 0.3 is 0 Å². The van der Waals surface area contributed by atoms with Gasteiger partial charge in [-0.25, -0.2) is 13.8 Å². The lowest BCUT2D eigenvalue weighted by Gasteiger charge is -2.25. The number of para-hydroxylation sites is 1. The summed E-state index contributed by atoms with van der Waals surface area (Å²) in [4.78, 5) is 33.1. The molecule has 7 nitrogen and oxygen atoms in total. The lowest BCUT2D eigenvalue weighted by atomic mass is 9.95. The van der Waals surface area contributed by atoms with Crippen LogP contribution in [0.5, 0.6) is 11.5 Å². The van der Waals surface area contributed by atoms with Crippen LogP contribution in [0.15, 0.2) is 112 Å². The van der Waals surface area contributed by atoms with Crippen LogP contribution in [0.25, 0.3) is 6.08 Å². The number of methoxy groups -OCH3 is 1. The molecule has 1 amide bonds. The maximum absolute atomic E-state index is 14.2. The number of allylic oxidation sites excluding steroid dienone is 1. The molecule has 0 radical (unpaired) electrons. The van der Waals surface area contributed by atoms with Crippen LogP contribution in [0, 0.1) is 18.6 Å². The number of aryl methyl sites for hydroxylation is 1. The van der Waals surface area contributed by atoms with Crippen LogP contribution >= 0.6 is 11.3 Å². The van der Waals surface area contributed by atoms with E-state index in [0.717, 1.165) is 23.3 Å². The van der Waals surface area contributed by atoms with E-state index in [9.17, 15) is 18.4 Å². The van der Waals surface area contributed by atoms with Crippen LogP contribution in [-0.4, -0.2) is 17.6 Å². The first kappa shape index (κ1) is 30.7. The van der Waals surface area contributed by atoms with Crippen LogP contribution < -0.4 is 29.7 Å². The largest absolute Gasteiger partial charge is 0.496 e. The Morgan fingerprint density at radius 3 is 2.46 bits per heavy atom. The van der Waals surface area contributed by atoms with E-state index in [4.69, 9.17) is 14.5 Å². The molecular weight excluding hydrogens is 608 g/mol. The molecule has 1 aliphatic rings. The zero-order valence-corrected chi connectivity index (χ0v) is 26.0. The lowest BCUT2D eigenvalue weighted by molar-refractivity contribution is -0.113. The van der Waals surface area contributed by atoms with Crippen molar-refractivity contribution >= 4 is 29.0 Å². The molecule has 2 heterocycles. The number of fused-ring (bicyclic) bond motifs is 1. The Bertz CT molecular complexity index is 2170. The minimum Gasteiger partial charge on any atom is -0.496 e. The molecule has 10 heteroatoms. The van der Waals surface area contributed by atoms with Gasteiger partial charge in [0.05, 0.1) is 29.0 Å². The number of anilines is 1. The highest BCUT2D eigenvalue weighted by molar-refractivity contribution is 7.07. The topological polar surface area (TPSA) is 81.9 Å². The number of carbonyl (C=O) groups is 1. The predicted octanol–water partition coefficient (Wildman–Crippen LogP) is 6.05. The Kier molecular flexibility index (Phi) is 8.63. The van der Waals surface area contributed by atoms with Gasteiger partial charge in [-0.2, -0.15) is 0 Å². The van der Waals surface area contributed by atoms with E-state index < -0.39 is 17.7 Å². The molecule has 4 aromatic carbocycles. The Morgan fingerprint density at radius 1 is 0.978 bits per heavy atom. The highest BCUT2D eigenvalue weighted by atomic mass is 32.1. The summed E-state index contributed by atoms with van der Waals surface area (Å²) < 4.78 is 40.6. The highest BCUT2D eigenvalue weighted by Gasteiger charge is 2.32. The standard InChI is InChI=1S/C36H29F2N3O4S/c1-21-9-7-8-12-28(21)40-34(42)32-22(2)39-36-41(33(32)24-10-5-4-6-11-24)35(43)31(46-36)18-23-13-15-29(44-3)25(17-23)20-45-30-16-14-26(37)19-27(30)38/h4-19,33H,20H2,1-3H3,(H,40,42). The molecule has 6 rings (SSSR count). The molecule has 0 saturated heterocycles. The summed E-state index contributed by atoms with van der Waals surface area (Å²) in [6.07, 6.45) is 1.74. The average molecular weight is 638 g/mol. The molecule has 232 valence electrons. The summed E-state index contributed by atoms with van der Waals surface area (Å²) in [5.41, 5.74) is 4.24. The van der Waals surface area contributed by atoms with Gasteiger partial charge in [0.25, 0.3) is 11.5 Å². The average Bonchev–Trinajstić information content (AvgIpc) is 3.35. The maximum Gasteiger partial charge on any atom is 0.271 e. The first-order valence-electron chi connectivity index (χ1n) is 14.4. The predicted molar refractivity (Wildman–Crippen MR) is 174 cm³/mol. The molecular formula is C36H29F2N3O4S. The third-order valence-electron chi connectivity index (χ3n) is 7.65. The fraction of sp³-hybridized carbons (Fsp3) is 0.139. The number of hydrogen-bond donors (Lipinski definition) is 1. The fourth-order valence-corrected chi connectivity index (χ4v) is 6.41. The minimum absolute atomic E-state index is 0.0543. The fourth-order valence-electron chi connectivity index (χ4n) is 5.37. The van der Waals surface area contributed by atoms with Crippen molar-refractivity contribution in [3.8, 4) is 11.5 Å². The number of carbonyl (C=O) groups excluding carboxylic acids is 1. The van der Waals surface area contributed by atoms with Crippen LogP contribution in [0.3, 0.4) is 0 Å². The van der Waals surface area contributed by atoms with Crippen molar-refractivity contribution in [2.75, 3.05) is 12.4 Å². The van der Waals surface area contributed by atoms with Gasteiger partial charge in [0.1, 0.15) is 18.2 Å². The number of ether oxygens (including phenoxy) is 2. The van der Waals surface area contributed by atoms with E-state index in [2.05, 4.69) is 5.32 Å². The third kappa shape index (κ3) is 6.12. The van der Waals surface area contributed by atoms with Crippen molar-refractivity contribution in [1.29, 1.82) is 0 Å². The first-order valence-corrected chi connectivity index (χ1v) is 15.2. The molecule has 0 bridgehead atoms. The number of halogens is 2. The molecule has 0 saturated carbocycles. The monoisotopic (exact) mass is 637 g/mol. The van der Waals surface area contributed by atoms with E-state index in [-0.39, 0.29) is 23.8 Å². The number of benzene rings is 4. The van der Waals surface area contributed by atoms with Crippen molar-refractivity contribution in [3.05, 3.63) is 156 Å². The summed E-state index contributed by atoms with van der Waals surface area (Å²) in [7, 11) is 1.51. The number of nitrogens with zero attached hydrogens (tertiary/aromatic N) is 2. The van der Waals surface area contributed by atoms with Crippen molar-refractivity contribution in [2.45, 2.75) is 26.5 Å². The SMILES string of the molecule is COc1ccc(C=c2sc3n(c2=O)C(c2ccccc2)C(C(=O)Nc2ccccc2C)=C(C)N=3)cc1COc1ccc(F)cc1F. The third-order valence-corrected chi connectivity index (χ3v) is 8.64. The quantitative estimate of drug-likeness (QED) is 0.225.